The number of benzene rings is 1. The summed E-state index contributed by atoms with van der Waals surface area (Å²) in [7, 11) is 0. The minimum absolute atomic E-state index is 0.279. The summed E-state index contributed by atoms with van der Waals surface area (Å²) < 4.78 is 1.38. The number of carbonyl (C=O) groups excluding carboxylic acids is 1. The SMILES string of the molecule is Cc1[nH]n(-c2ccc(Cl)cc2)c(=O)c1C=NNC(=O)c1cccnc1. The third-order valence-electron chi connectivity index (χ3n) is 3.49. The van der Waals surface area contributed by atoms with E-state index in [9.17, 15) is 9.59 Å². The molecule has 2 N–H and O–H groups in total. The van der Waals surface area contributed by atoms with Crippen molar-refractivity contribution in [3.8, 4) is 5.69 Å². The number of nitrogens with one attached hydrogen (secondary N) is 2. The molecular weight excluding hydrogens is 342 g/mol. The Labute approximate surface area is 148 Å². The van der Waals surface area contributed by atoms with Gasteiger partial charge in [0.15, 0.2) is 0 Å². The number of amides is 1. The molecule has 0 spiro atoms. The van der Waals surface area contributed by atoms with E-state index in [2.05, 4.69) is 20.6 Å². The molecule has 0 bridgehead atoms. The van der Waals surface area contributed by atoms with E-state index >= 15 is 0 Å². The van der Waals surface area contributed by atoms with Crippen molar-refractivity contribution < 1.29 is 4.79 Å². The van der Waals surface area contributed by atoms with Crippen molar-refractivity contribution in [3.05, 3.63) is 81.0 Å². The van der Waals surface area contributed by atoms with E-state index in [0.717, 1.165) is 0 Å². The number of hydrogen-bond acceptors (Lipinski definition) is 4. The monoisotopic (exact) mass is 355 g/mol. The van der Waals surface area contributed by atoms with Crippen LogP contribution in [0.2, 0.25) is 5.02 Å². The van der Waals surface area contributed by atoms with Gasteiger partial charge in [-0.05, 0) is 43.3 Å². The standard InChI is InChI=1S/C17H14ClN5O2/c1-11-15(10-20-21-16(24)12-3-2-8-19-9-12)17(25)23(22-11)14-6-4-13(18)5-7-14/h2-10,22H,1H3,(H,21,24). The predicted molar refractivity (Wildman–Crippen MR) is 95.4 cm³/mol. The van der Waals surface area contributed by atoms with Crippen LogP contribution in [0, 0.1) is 6.92 Å². The van der Waals surface area contributed by atoms with Gasteiger partial charge in [-0.25, -0.2) is 10.1 Å². The Morgan fingerprint density at radius 3 is 2.76 bits per heavy atom. The fourth-order valence-electron chi connectivity index (χ4n) is 2.20. The maximum absolute atomic E-state index is 12.5. The van der Waals surface area contributed by atoms with E-state index in [-0.39, 0.29) is 5.56 Å². The second-order valence-corrected chi connectivity index (χ2v) is 5.64. The number of aromatic nitrogens is 3. The van der Waals surface area contributed by atoms with Crippen molar-refractivity contribution in [1.29, 1.82) is 0 Å². The zero-order valence-corrected chi connectivity index (χ0v) is 14.0. The Balaban J connectivity index is 1.80. The van der Waals surface area contributed by atoms with E-state index in [1.165, 1.54) is 17.1 Å². The normalized spacial score (nSPS) is 11.0. The van der Waals surface area contributed by atoms with Gasteiger partial charge in [0.05, 0.1) is 23.0 Å². The highest BCUT2D eigenvalue weighted by molar-refractivity contribution is 6.30. The van der Waals surface area contributed by atoms with Gasteiger partial charge in [0, 0.05) is 23.1 Å². The van der Waals surface area contributed by atoms with Gasteiger partial charge < -0.3 is 0 Å². The lowest BCUT2D eigenvalue weighted by Gasteiger charge is -2.00. The number of nitrogens with zero attached hydrogens (tertiary/aromatic N) is 3. The number of halogens is 1. The van der Waals surface area contributed by atoms with Crippen molar-refractivity contribution >= 4 is 23.7 Å². The Bertz CT molecular complexity index is 975. The molecule has 25 heavy (non-hydrogen) atoms. The van der Waals surface area contributed by atoms with Crippen LogP contribution in [0.4, 0.5) is 0 Å². The second-order valence-electron chi connectivity index (χ2n) is 5.21. The summed E-state index contributed by atoms with van der Waals surface area (Å²) in [4.78, 5) is 28.3. The van der Waals surface area contributed by atoms with Gasteiger partial charge >= 0.3 is 0 Å². The van der Waals surface area contributed by atoms with Gasteiger partial charge in [0.2, 0.25) is 0 Å². The Morgan fingerprint density at radius 2 is 2.08 bits per heavy atom. The summed E-state index contributed by atoms with van der Waals surface area (Å²) in [5.74, 6) is -0.407. The molecule has 0 atom stereocenters. The van der Waals surface area contributed by atoms with Crippen molar-refractivity contribution in [2.24, 2.45) is 5.10 Å². The first-order valence-electron chi connectivity index (χ1n) is 7.37. The van der Waals surface area contributed by atoms with E-state index in [1.54, 1.807) is 49.5 Å². The molecule has 2 aromatic heterocycles. The number of hydrogen-bond donors (Lipinski definition) is 2. The van der Waals surface area contributed by atoms with E-state index < -0.39 is 5.91 Å². The van der Waals surface area contributed by atoms with E-state index in [0.29, 0.717) is 27.5 Å². The first-order chi connectivity index (χ1) is 12.1. The first-order valence-corrected chi connectivity index (χ1v) is 7.75. The quantitative estimate of drug-likeness (QED) is 0.555. The Kier molecular flexibility index (Phi) is 4.76. The summed E-state index contributed by atoms with van der Waals surface area (Å²) in [6.07, 6.45) is 4.32. The highest BCUT2D eigenvalue weighted by Crippen LogP contribution is 2.12. The molecule has 2 heterocycles. The third kappa shape index (κ3) is 3.67. The van der Waals surface area contributed by atoms with Gasteiger partial charge in [-0.3, -0.25) is 19.7 Å². The molecular formula is C17H14ClN5O2. The number of pyridine rings is 1. The second kappa shape index (κ2) is 7.14. The van der Waals surface area contributed by atoms with Crippen LogP contribution < -0.4 is 11.0 Å². The molecule has 1 amide bonds. The molecule has 3 rings (SSSR count). The molecule has 0 saturated heterocycles. The maximum atomic E-state index is 12.5. The summed E-state index contributed by atoms with van der Waals surface area (Å²) in [6, 6.07) is 10.1. The average Bonchev–Trinajstić information content (AvgIpc) is 2.91. The van der Waals surface area contributed by atoms with Crippen LogP contribution in [-0.2, 0) is 0 Å². The fraction of sp³-hybridized carbons (Fsp3) is 0.0588. The molecule has 0 saturated carbocycles. The van der Waals surface area contributed by atoms with Crippen molar-refractivity contribution in [2.45, 2.75) is 6.92 Å². The van der Waals surface area contributed by atoms with Gasteiger partial charge in [0.25, 0.3) is 11.5 Å². The maximum Gasteiger partial charge on any atom is 0.280 e. The third-order valence-corrected chi connectivity index (χ3v) is 3.74. The zero-order chi connectivity index (χ0) is 17.8. The smallest absolute Gasteiger partial charge is 0.280 e. The molecule has 0 aliphatic rings. The highest BCUT2D eigenvalue weighted by Gasteiger charge is 2.11. The summed E-state index contributed by atoms with van der Waals surface area (Å²) >= 11 is 5.86. The van der Waals surface area contributed by atoms with Gasteiger partial charge in [-0.15, -0.1) is 0 Å². The van der Waals surface area contributed by atoms with Crippen LogP contribution >= 0.6 is 11.6 Å². The van der Waals surface area contributed by atoms with Gasteiger partial charge in [0.1, 0.15) is 0 Å². The molecule has 3 aromatic rings. The van der Waals surface area contributed by atoms with Crippen LogP contribution in [0.25, 0.3) is 5.69 Å². The van der Waals surface area contributed by atoms with Crippen LogP contribution in [0.5, 0.6) is 0 Å². The Hall–Kier alpha value is -3.19. The minimum atomic E-state index is -0.407. The van der Waals surface area contributed by atoms with Crippen LogP contribution in [0.15, 0.2) is 58.7 Å². The topological polar surface area (TPSA) is 92.1 Å². The molecule has 8 heteroatoms. The number of aryl methyl sites for hydroxylation is 1. The number of H-pyrrole nitrogens is 1. The number of rotatable bonds is 4. The number of hydrazone groups is 1. The molecule has 0 aliphatic heterocycles. The first kappa shape index (κ1) is 16.7. The minimum Gasteiger partial charge on any atom is -0.295 e. The van der Waals surface area contributed by atoms with E-state index in [4.69, 9.17) is 11.6 Å². The van der Waals surface area contributed by atoms with E-state index in [1.807, 2.05) is 0 Å². The molecule has 0 unspecified atom stereocenters. The lowest BCUT2D eigenvalue weighted by Crippen LogP contribution is -2.20. The summed E-state index contributed by atoms with van der Waals surface area (Å²) in [6.45, 7) is 1.75. The molecule has 0 radical (unpaired) electrons. The van der Waals surface area contributed by atoms with Gasteiger partial charge in [-0.1, -0.05) is 11.6 Å². The molecule has 126 valence electrons. The average molecular weight is 356 g/mol. The van der Waals surface area contributed by atoms with Crippen LogP contribution in [-0.4, -0.2) is 26.9 Å². The summed E-state index contributed by atoms with van der Waals surface area (Å²) in [5, 5.41) is 7.40. The largest absolute Gasteiger partial charge is 0.295 e. The van der Waals surface area contributed by atoms with Crippen LogP contribution in [0.3, 0.4) is 0 Å². The van der Waals surface area contributed by atoms with Crippen molar-refractivity contribution in [1.82, 2.24) is 20.2 Å². The number of aromatic amines is 1. The molecule has 1 aromatic carbocycles. The Morgan fingerprint density at radius 1 is 1.32 bits per heavy atom. The molecule has 0 aliphatic carbocycles. The predicted octanol–water partition coefficient (Wildman–Crippen LogP) is 2.29. The fourth-order valence-corrected chi connectivity index (χ4v) is 2.33. The lowest BCUT2D eigenvalue weighted by molar-refractivity contribution is 0.0955. The van der Waals surface area contributed by atoms with Crippen molar-refractivity contribution in [3.63, 3.8) is 0 Å². The zero-order valence-electron chi connectivity index (χ0n) is 13.2. The molecule has 7 nitrogen and oxygen atoms in total. The molecule has 0 fully saturated rings. The van der Waals surface area contributed by atoms with Crippen molar-refractivity contribution in [2.75, 3.05) is 0 Å². The lowest BCUT2D eigenvalue weighted by atomic mass is 10.3. The van der Waals surface area contributed by atoms with Gasteiger partial charge in [-0.2, -0.15) is 5.10 Å². The summed E-state index contributed by atoms with van der Waals surface area (Å²) in [5.41, 5.74) is 4.09. The number of carbonyl (C=O) groups is 1. The van der Waals surface area contributed by atoms with Crippen LogP contribution in [0.1, 0.15) is 21.6 Å². The highest BCUT2D eigenvalue weighted by atomic mass is 35.5.